The number of hydrogen-bond acceptors (Lipinski definition) is 4. The van der Waals surface area contributed by atoms with E-state index in [-0.39, 0.29) is 5.91 Å². The Morgan fingerprint density at radius 1 is 1.45 bits per heavy atom. The van der Waals surface area contributed by atoms with Crippen LogP contribution in [0.2, 0.25) is 0 Å². The highest BCUT2D eigenvalue weighted by Crippen LogP contribution is 2.53. The third-order valence-corrected chi connectivity index (χ3v) is 4.76. The van der Waals surface area contributed by atoms with Gasteiger partial charge in [-0.3, -0.25) is 9.59 Å². The smallest absolute Gasteiger partial charge is 0.310 e. The second-order valence-corrected chi connectivity index (χ2v) is 5.83. The lowest BCUT2D eigenvalue weighted by Crippen LogP contribution is -2.39. The molecule has 114 valence electrons. The largest absolute Gasteiger partial charge is 0.495 e. The van der Waals surface area contributed by atoms with Crippen molar-refractivity contribution < 1.29 is 24.2 Å². The third kappa shape index (κ3) is 1.53. The summed E-state index contributed by atoms with van der Waals surface area (Å²) in [4.78, 5) is 26.0. The fraction of sp³-hybridized carbons (Fsp3) is 0.375. The maximum absolute atomic E-state index is 12.8. The van der Waals surface area contributed by atoms with Crippen molar-refractivity contribution in [1.82, 2.24) is 0 Å². The molecule has 2 saturated heterocycles. The first-order chi connectivity index (χ1) is 10.6. The first-order valence-electron chi connectivity index (χ1n) is 7.12. The fourth-order valence-corrected chi connectivity index (χ4v) is 3.84. The molecular weight excluding hydrogens is 286 g/mol. The van der Waals surface area contributed by atoms with E-state index in [1.165, 1.54) is 0 Å². The zero-order chi connectivity index (χ0) is 15.5. The van der Waals surface area contributed by atoms with Crippen molar-refractivity contribution in [3.8, 4) is 5.75 Å². The molecule has 2 fully saturated rings. The molecule has 4 rings (SSSR count). The minimum Gasteiger partial charge on any atom is -0.495 e. The lowest BCUT2D eigenvalue weighted by molar-refractivity contribution is -0.146. The topological polar surface area (TPSA) is 76.1 Å². The predicted molar refractivity (Wildman–Crippen MR) is 76.7 cm³/mol. The molecule has 1 N–H and O–H groups in total. The Hall–Kier alpha value is -2.34. The molecule has 0 aliphatic carbocycles. The SMILES string of the molecule is COc1ccccc1N1C[C@@]23C=C[C@@H](O2)[C@@H](C(=O)O)[C@H]3C1=O. The lowest BCUT2D eigenvalue weighted by atomic mass is 9.77. The number of carboxylic acid groups (broad SMARTS) is 1. The molecule has 2 bridgehead atoms. The summed E-state index contributed by atoms with van der Waals surface area (Å²) >= 11 is 0. The molecule has 3 aliphatic heterocycles. The van der Waals surface area contributed by atoms with Crippen LogP contribution < -0.4 is 9.64 Å². The Balaban J connectivity index is 1.77. The summed E-state index contributed by atoms with van der Waals surface area (Å²) in [5.41, 5.74) is -0.186. The van der Waals surface area contributed by atoms with Crippen LogP contribution in [0.25, 0.3) is 0 Å². The predicted octanol–water partition coefficient (Wildman–Crippen LogP) is 1.07. The number of rotatable bonds is 3. The molecule has 4 atom stereocenters. The molecule has 6 nitrogen and oxygen atoms in total. The number of amides is 1. The summed E-state index contributed by atoms with van der Waals surface area (Å²) in [6.45, 7) is 0.313. The van der Waals surface area contributed by atoms with Crippen LogP contribution in [-0.2, 0) is 14.3 Å². The van der Waals surface area contributed by atoms with Gasteiger partial charge in [-0.25, -0.2) is 0 Å². The van der Waals surface area contributed by atoms with Crippen molar-refractivity contribution in [3.63, 3.8) is 0 Å². The van der Waals surface area contributed by atoms with Crippen LogP contribution in [0, 0.1) is 11.8 Å². The van der Waals surface area contributed by atoms with Crippen LogP contribution in [-0.4, -0.2) is 42.3 Å². The average molecular weight is 301 g/mol. The number of ether oxygens (including phenoxy) is 2. The highest BCUT2D eigenvalue weighted by Gasteiger charge is 2.67. The van der Waals surface area contributed by atoms with E-state index in [1.54, 1.807) is 30.2 Å². The van der Waals surface area contributed by atoms with Gasteiger partial charge >= 0.3 is 5.97 Å². The van der Waals surface area contributed by atoms with Crippen molar-refractivity contribution in [2.75, 3.05) is 18.6 Å². The van der Waals surface area contributed by atoms with Gasteiger partial charge in [0.15, 0.2) is 0 Å². The van der Waals surface area contributed by atoms with E-state index >= 15 is 0 Å². The van der Waals surface area contributed by atoms with E-state index in [1.807, 2.05) is 18.2 Å². The van der Waals surface area contributed by atoms with Gasteiger partial charge in [-0.05, 0) is 12.1 Å². The standard InChI is InChI=1S/C16H15NO5/c1-21-10-5-3-2-4-9(10)17-8-16-7-6-11(22-16)12(15(19)20)13(16)14(17)18/h2-7,11-13H,8H2,1H3,(H,19,20)/t11-,12-,13+,16-/m1/s1. The average Bonchev–Trinajstić information content (AvgIpc) is 3.15. The number of carboxylic acids is 1. The molecule has 0 radical (unpaired) electrons. The number of carbonyl (C=O) groups excluding carboxylic acids is 1. The van der Waals surface area contributed by atoms with Gasteiger partial charge in [0.25, 0.3) is 0 Å². The van der Waals surface area contributed by atoms with Crippen molar-refractivity contribution in [2.24, 2.45) is 11.8 Å². The number of fused-ring (bicyclic) bond motifs is 1. The van der Waals surface area contributed by atoms with Crippen LogP contribution >= 0.6 is 0 Å². The molecule has 0 aromatic heterocycles. The van der Waals surface area contributed by atoms with Crippen LogP contribution in [0.4, 0.5) is 5.69 Å². The monoisotopic (exact) mass is 301 g/mol. The number of anilines is 1. The van der Waals surface area contributed by atoms with E-state index in [4.69, 9.17) is 9.47 Å². The Bertz CT molecular complexity index is 700. The second-order valence-electron chi connectivity index (χ2n) is 5.83. The van der Waals surface area contributed by atoms with E-state index in [0.29, 0.717) is 18.0 Å². The van der Waals surface area contributed by atoms with E-state index in [9.17, 15) is 14.7 Å². The zero-order valence-electron chi connectivity index (χ0n) is 11.9. The van der Waals surface area contributed by atoms with Gasteiger partial charge in [0.2, 0.25) is 5.91 Å². The molecule has 0 saturated carbocycles. The maximum Gasteiger partial charge on any atom is 0.310 e. The number of para-hydroxylation sites is 2. The molecule has 3 aliphatic rings. The minimum atomic E-state index is -0.989. The van der Waals surface area contributed by atoms with Crippen molar-refractivity contribution in [2.45, 2.75) is 11.7 Å². The molecule has 1 aromatic carbocycles. The summed E-state index contributed by atoms with van der Waals surface area (Å²) in [6.07, 6.45) is 3.09. The molecular formula is C16H15NO5. The fourth-order valence-electron chi connectivity index (χ4n) is 3.84. The van der Waals surface area contributed by atoms with Gasteiger partial charge in [0, 0.05) is 0 Å². The molecule has 3 heterocycles. The summed E-state index contributed by atoms with van der Waals surface area (Å²) in [5, 5.41) is 9.45. The first kappa shape index (κ1) is 13.3. The van der Waals surface area contributed by atoms with Gasteiger partial charge in [0.1, 0.15) is 17.3 Å². The molecule has 1 aromatic rings. The van der Waals surface area contributed by atoms with Crippen LogP contribution in [0.1, 0.15) is 0 Å². The second kappa shape index (κ2) is 4.33. The number of benzene rings is 1. The first-order valence-corrected chi connectivity index (χ1v) is 7.12. The Morgan fingerprint density at radius 2 is 2.23 bits per heavy atom. The van der Waals surface area contributed by atoms with Crippen LogP contribution in [0.15, 0.2) is 36.4 Å². The van der Waals surface area contributed by atoms with Gasteiger partial charge in [-0.2, -0.15) is 0 Å². The van der Waals surface area contributed by atoms with Gasteiger partial charge in [0.05, 0.1) is 31.4 Å². The summed E-state index contributed by atoms with van der Waals surface area (Å²) < 4.78 is 11.2. The van der Waals surface area contributed by atoms with Gasteiger partial charge in [-0.15, -0.1) is 0 Å². The van der Waals surface area contributed by atoms with Gasteiger partial charge in [-0.1, -0.05) is 24.3 Å². The molecule has 1 spiro atoms. The number of methoxy groups -OCH3 is 1. The number of carbonyl (C=O) groups is 2. The van der Waals surface area contributed by atoms with Crippen molar-refractivity contribution in [1.29, 1.82) is 0 Å². The highest BCUT2D eigenvalue weighted by molar-refractivity contribution is 6.03. The summed E-state index contributed by atoms with van der Waals surface area (Å²) in [5.74, 6) is -2.13. The van der Waals surface area contributed by atoms with E-state index < -0.39 is 29.5 Å². The minimum absolute atomic E-state index is 0.219. The van der Waals surface area contributed by atoms with Gasteiger partial charge < -0.3 is 19.5 Å². The van der Waals surface area contributed by atoms with Crippen LogP contribution in [0.5, 0.6) is 5.75 Å². The summed E-state index contributed by atoms with van der Waals surface area (Å²) in [6, 6.07) is 7.21. The lowest BCUT2D eigenvalue weighted by Gasteiger charge is -2.22. The quantitative estimate of drug-likeness (QED) is 0.845. The Kier molecular flexibility index (Phi) is 2.62. The van der Waals surface area contributed by atoms with Crippen molar-refractivity contribution >= 4 is 17.6 Å². The maximum atomic E-state index is 12.8. The molecule has 22 heavy (non-hydrogen) atoms. The number of hydrogen-bond donors (Lipinski definition) is 1. The normalized spacial score (nSPS) is 35.0. The number of nitrogens with zero attached hydrogens (tertiary/aromatic N) is 1. The Labute approximate surface area is 126 Å². The zero-order valence-corrected chi connectivity index (χ0v) is 11.9. The molecule has 0 unspecified atom stereocenters. The summed E-state index contributed by atoms with van der Waals surface area (Å²) in [7, 11) is 1.54. The van der Waals surface area contributed by atoms with Crippen molar-refractivity contribution in [3.05, 3.63) is 36.4 Å². The molecule has 1 amide bonds. The number of aliphatic carboxylic acids is 1. The highest BCUT2D eigenvalue weighted by atomic mass is 16.5. The third-order valence-electron chi connectivity index (χ3n) is 4.76. The van der Waals surface area contributed by atoms with E-state index in [2.05, 4.69) is 0 Å². The van der Waals surface area contributed by atoms with E-state index in [0.717, 1.165) is 0 Å². The van der Waals surface area contributed by atoms with Crippen LogP contribution in [0.3, 0.4) is 0 Å². The Morgan fingerprint density at radius 3 is 2.95 bits per heavy atom. The molecule has 6 heteroatoms.